The minimum Gasteiger partial charge on any atom is -0.490 e. The highest BCUT2D eigenvalue weighted by Gasteiger charge is 2.16. The molecule has 0 radical (unpaired) electrons. The molecule has 0 aromatic heterocycles. The van der Waals surface area contributed by atoms with Crippen molar-refractivity contribution in [3.05, 3.63) is 52.0 Å². The molecule has 1 aliphatic rings. The summed E-state index contributed by atoms with van der Waals surface area (Å²) in [7, 11) is 0. The Morgan fingerprint density at radius 3 is 2.35 bits per heavy atom. The lowest BCUT2D eigenvalue weighted by atomic mass is 10.2. The molecule has 3 rings (SSSR count). The third-order valence-corrected chi connectivity index (χ3v) is 4.19. The van der Waals surface area contributed by atoms with Gasteiger partial charge >= 0.3 is 0 Å². The van der Waals surface area contributed by atoms with Crippen LogP contribution in [0.15, 0.2) is 36.4 Å². The monoisotopic (exact) mass is 394 g/mol. The number of benzene rings is 2. The van der Waals surface area contributed by atoms with Gasteiger partial charge in [0, 0.05) is 29.1 Å². The summed E-state index contributed by atoms with van der Waals surface area (Å²) in [6.45, 7) is 0.872. The molecular weight excluding hydrogens is 379 g/mol. The number of carbonyl (C=O) groups is 2. The fourth-order valence-electron chi connectivity index (χ4n) is 2.34. The van der Waals surface area contributed by atoms with Gasteiger partial charge in [0.25, 0.3) is 5.91 Å². The van der Waals surface area contributed by atoms with E-state index in [-0.39, 0.29) is 12.5 Å². The second-order valence-corrected chi connectivity index (χ2v) is 6.41. The van der Waals surface area contributed by atoms with Crippen LogP contribution in [0.5, 0.6) is 11.5 Å². The van der Waals surface area contributed by atoms with Gasteiger partial charge in [-0.05, 0) is 24.3 Å². The summed E-state index contributed by atoms with van der Waals surface area (Å²) in [6, 6.07) is 9.58. The molecule has 2 aromatic rings. The highest BCUT2D eigenvalue weighted by atomic mass is 35.5. The number of anilines is 1. The lowest BCUT2D eigenvalue weighted by Crippen LogP contribution is -2.32. The van der Waals surface area contributed by atoms with E-state index >= 15 is 0 Å². The van der Waals surface area contributed by atoms with Crippen LogP contribution in [-0.4, -0.2) is 31.6 Å². The summed E-state index contributed by atoms with van der Waals surface area (Å²) >= 11 is 12.0. The zero-order valence-electron chi connectivity index (χ0n) is 13.7. The molecule has 0 spiro atoms. The summed E-state index contributed by atoms with van der Waals surface area (Å²) in [4.78, 5) is 24.1. The van der Waals surface area contributed by atoms with E-state index in [0.717, 1.165) is 6.42 Å². The third kappa shape index (κ3) is 4.59. The molecule has 0 aliphatic carbocycles. The Morgan fingerprint density at radius 1 is 1.00 bits per heavy atom. The molecule has 2 aromatic carbocycles. The van der Waals surface area contributed by atoms with E-state index in [0.29, 0.717) is 46.0 Å². The molecule has 0 fully saturated rings. The molecule has 1 heterocycles. The fourth-order valence-corrected chi connectivity index (χ4v) is 2.66. The van der Waals surface area contributed by atoms with Gasteiger partial charge in [-0.1, -0.05) is 23.2 Å². The van der Waals surface area contributed by atoms with Crippen LogP contribution in [0.1, 0.15) is 16.8 Å². The van der Waals surface area contributed by atoms with Crippen LogP contribution in [0.3, 0.4) is 0 Å². The van der Waals surface area contributed by atoms with Crippen LogP contribution < -0.4 is 20.1 Å². The van der Waals surface area contributed by atoms with Crippen LogP contribution in [-0.2, 0) is 4.79 Å². The smallest absolute Gasteiger partial charge is 0.251 e. The van der Waals surface area contributed by atoms with E-state index in [1.165, 1.54) is 0 Å². The van der Waals surface area contributed by atoms with Crippen molar-refractivity contribution in [1.29, 1.82) is 0 Å². The summed E-state index contributed by atoms with van der Waals surface area (Å²) < 4.78 is 11.1. The Bertz CT molecular complexity index is 825. The second kappa shape index (κ2) is 8.29. The number of ether oxygens (including phenoxy) is 2. The molecule has 2 amide bonds. The molecule has 1 aliphatic heterocycles. The molecule has 0 bridgehead atoms. The average Bonchev–Trinajstić information content (AvgIpc) is 2.85. The SMILES string of the molecule is O=C(CNC(=O)c1ccc(Cl)cc1)Nc1cc2c(cc1Cl)OCCCO2. The van der Waals surface area contributed by atoms with Gasteiger partial charge < -0.3 is 20.1 Å². The number of rotatable bonds is 4. The predicted octanol–water partition coefficient (Wildman–Crippen LogP) is 3.52. The molecule has 2 N–H and O–H groups in total. The molecule has 6 nitrogen and oxygen atoms in total. The van der Waals surface area contributed by atoms with Crippen LogP contribution in [0.4, 0.5) is 5.69 Å². The summed E-state index contributed by atoms with van der Waals surface area (Å²) in [6.07, 6.45) is 0.769. The highest BCUT2D eigenvalue weighted by molar-refractivity contribution is 6.34. The first-order valence-electron chi connectivity index (χ1n) is 7.95. The van der Waals surface area contributed by atoms with Crippen molar-refractivity contribution in [2.24, 2.45) is 0 Å². The average molecular weight is 395 g/mol. The van der Waals surface area contributed by atoms with E-state index < -0.39 is 5.91 Å². The maximum Gasteiger partial charge on any atom is 0.251 e. The molecule has 0 saturated carbocycles. The van der Waals surface area contributed by atoms with Crippen LogP contribution in [0.25, 0.3) is 0 Å². The number of halogens is 2. The third-order valence-electron chi connectivity index (χ3n) is 3.63. The van der Waals surface area contributed by atoms with Crippen LogP contribution in [0.2, 0.25) is 10.0 Å². The summed E-state index contributed by atoms with van der Waals surface area (Å²) in [5, 5.41) is 6.05. The van der Waals surface area contributed by atoms with Gasteiger partial charge in [-0.3, -0.25) is 9.59 Å². The molecule has 8 heteroatoms. The first kappa shape index (κ1) is 18.4. The maximum atomic E-state index is 12.1. The van der Waals surface area contributed by atoms with Gasteiger partial charge in [0.05, 0.1) is 30.5 Å². The van der Waals surface area contributed by atoms with Crippen molar-refractivity contribution in [2.75, 3.05) is 25.1 Å². The number of hydrogen-bond acceptors (Lipinski definition) is 4. The number of carbonyl (C=O) groups excluding carboxylic acids is 2. The molecule has 0 unspecified atom stereocenters. The molecule has 0 atom stereocenters. The number of amides is 2. The zero-order valence-corrected chi connectivity index (χ0v) is 15.2. The van der Waals surface area contributed by atoms with Gasteiger partial charge in [0.2, 0.25) is 5.91 Å². The van der Waals surface area contributed by atoms with E-state index in [4.69, 9.17) is 32.7 Å². The van der Waals surface area contributed by atoms with E-state index in [1.807, 2.05) is 0 Å². The van der Waals surface area contributed by atoms with Gasteiger partial charge in [-0.2, -0.15) is 0 Å². The Balaban J connectivity index is 1.60. The van der Waals surface area contributed by atoms with Gasteiger partial charge in [0.1, 0.15) is 0 Å². The fraction of sp³-hybridized carbons (Fsp3) is 0.222. The van der Waals surface area contributed by atoms with Crippen molar-refractivity contribution in [3.8, 4) is 11.5 Å². The molecule has 136 valence electrons. The number of nitrogens with one attached hydrogen (secondary N) is 2. The quantitative estimate of drug-likeness (QED) is 0.831. The zero-order chi connectivity index (χ0) is 18.5. The lowest BCUT2D eigenvalue weighted by molar-refractivity contribution is -0.115. The second-order valence-electron chi connectivity index (χ2n) is 5.57. The molecular formula is C18H16Cl2N2O4. The van der Waals surface area contributed by atoms with E-state index in [2.05, 4.69) is 10.6 Å². The van der Waals surface area contributed by atoms with E-state index in [1.54, 1.807) is 36.4 Å². The normalized spacial score (nSPS) is 12.8. The topological polar surface area (TPSA) is 76.7 Å². The van der Waals surface area contributed by atoms with Crippen molar-refractivity contribution in [3.63, 3.8) is 0 Å². The molecule has 0 saturated heterocycles. The summed E-state index contributed by atoms with van der Waals surface area (Å²) in [5.74, 6) is 0.277. The standard InChI is InChI=1S/C18H16Cl2N2O4/c19-12-4-2-11(3-5-12)18(24)21-10-17(23)22-14-9-16-15(8-13(14)20)25-6-1-7-26-16/h2-5,8-9H,1,6-7,10H2,(H,21,24)(H,22,23). The van der Waals surface area contributed by atoms with Crippen LogP contribution >= 0.6 is 23.2 Å². The Labute approximate surface area is 160 Å². The van der Waals surface area contributed by atoms with Crippen molar-refractivity contribution >= 4 is 40.7 Å². The number of fused-ring (bicyclic) bond motifs is 1. The minimum absolute atomic E-state index is 0.202. The first-order valence-corrected chi connectivity index (χ1v) is 8.71. The largest absolute Gasteiger partial charge is 0.490 e. The number of hydrogen-bond donors (Lipinski definition) is 2. The highest BCUT2D eigenvalue weighted by Crippen LogP contribution is 2.37. The van der Waals surface area contributed by atoms with Crippen LogP contribution in [0, 0.1) is 0 Å². The Kier molecular flexibility index (Phi) is 5.85. The van der Waals surface area contributed by atoms with Gasteiger partial charge in [-0.25, -0.2) is 0 Å². The van der Waals surface area contributed by atoms with Gasteiger partial charge in [-0.15, -0.1) is 0 Å². The van der Waals surface area contributed by atoms with Gasteiger partial charge in [0.15, 0.2) is 11.5 Å². The summed E-state index contributed by atoms with van der Waals surface area (Å²) in [5.41, 5.74) is 0.803. The first-order chi connectivity index (χ1) is 12.5. The predicted molar refractivity (Wildman–Crippen MR) is 99.5 cm³/mol. The van der Waals surface area contributed by atoms with Crippen molar-refractivity contribution in [2.45, 2.75) is 6.42 Å². The Morgan fingerprint density at radius 2 is 1.65 bits per heavy atom. The lowest BCUT2D eigenvalue weighted by Gasteiger charge is -2.13. The van der Waals surface area contributed by atoms with Crippen molar-refractivity contribution < 1.29 is 19.1 Å². The van der Waals surface area contributed by atoms with E-state index in [9.17, 15) is 9.59 Å². The minimum atomic E-state index is -0.413. The maximum absolute atomic E-state index is 12.1. The van der Waals surface area contributed by atoms with Crippen molar-refractivity contribution in [1.82, 2.24) is 5.32 Å². The Hall–Kier alpha value is -2.44. The molecule has 26 heavy (non-hydrogen) atoms.